The zero-order chi connectivity index (χ0) is 16.5. The number of hydrogen-bond acceptors (Lipinski definition) is 3. The van der Waals surface area contributed by atoms with Gasteiger partial charge in [-0.05, 0) is 30.8 Å². The van der Waals surface area contributed by atoms with Crippen LogP contribution in [0.25, 0.3) is 0 Å². The molecule has 0 spiro atoms. The SMILES string of the molecule is CCN(CC)CC[C@@H](OC(=O)c1ccccc1)c1ccccc1. The molecule has 0 bridgehead atoms. The Hall–Kier alpha value is -2.13. The second-order valence-corrected chi connectivity index (χ2v) is 5.49. The molecule has 0 aliphatic carbocycles. The van der Waals surface area contributed by atoms with E-state index >= 15 is 0 Å². The third kappa shape index (κ3) is 5.22. The normalized spacial score (nSPS) is 12.1. The van der Waals surface area contributed by atoms with Gasteiger partial charge in [-0.3, -0.25) is 0 Å². The summed E-state index contributed by atoms with van der Waals surface area (Å²) < 4.78 is 5.80. The number of carbonyl (C=O) groups excluding carboxylic acids is 1. The lowest BCUT2D eigenvalue weighted by atomic mass is 10.1. The van der Waals surface area contributed by atoms with Gasteiger partial charge in [0, 0.05) is 13.0 Å². The number of benzene rings is 2. The Morgan fingerprint density at radius 2 is 1.52 bits per heavy atom. The molecular formula is C20H25NO2. The van der Waals surface area contributed by atoms with Crippen molar-refractivity contribution in [1.29, 1.82) is 0 Å². The van der Waals surface area contributed by atoms with Crippen molar-refractivity contribution in [3.63, 3.8) is 0 Å². The fourth-order valence-corrected chi connectivity index (χ4v) is 2.57. The molecule has 1 atom stereocenters. The highest BCUT2D eigenvalue weighted by Gasteiger charge is 2.18. The van der Waals surface area contributed by atoms with Crippen LogP contribution in [0.1, 0.15) is 42.3 Å². The molecule has 2 rings (SSSR count). The van der Waals surface area contributed by atoms with Crippen molar-refractivity contribution in [1.82, 2.24) is 4.90 Å². The highest BCUT2D eigenvalue weighted by atomic mass is 16.5. The van der Waals surface area contributed by atoms with Gasteiger partial charge < -0.3 is 9.64 Å². The average Bonchev–Trinajstić information content (AvgIpc) is 2.63. The molecule has 0 aliphatic rings. The molecule has 0 saturated heterocycles. The molecule has 0 heterocycles. The molecule has 0 fully saturated rings. The van der Waals surface area contributed by atoms with Crippen LogP contribution in [-0.2, 0) is 4.74 Å². The zero-order valence-corrected chi connectivity index (χ0v) is 13.9. The topological polar surface area (TPSA) is 29.5 Å². The van der Waals surface area contributed by atoms with Crippen molar-refractivity contribution >= 4 is 5.97 Å². The Bertz CT molecular complexity index is 579. The van der Waals surface area contributed by atoms with E-state index < -0.39 is 0 Å². The summed E-state index contributed by atoms with van der Waals surface area (Å²) in [5, 5.41) is 0. The molecule has 0 aromatic heterocycles. The van der Waals surface area contributed by atoms with Gasteiger partial charge in [0.15, 0.2) is 0 Å². The molecular weight excluding hydrogens is 286 g/mol. The number of carbonyl (C=O) groups is 1. The lowest BCUT2D eigenvalue weighted by Gasteiger charge is -2.23. The van der Waals surface area contributed by atoms with Crippen LogP contribution in [0.5, 0.6) is 0 Å². The van der Waals surface area contributed by atoms with Crippen molar-refractivity contribution in [2.45, 2.75) is 26.4 Å². The highest BCUT2D eigenvalue weighted by Crippen LogP contribution is 2.23. The summed E-state index contributed by atoms with van der Waals surface area (Å²) in [5.74, 6) is -0.265. The average molecular weight is 311 g/mol. The summed E-state index contributed by atoms with van der Waals surface area (Å²) in [7, 11) is 0. The third-order valence-electron chi connectivity index (χ3n) is 4.03. The molecule has 122 valence electrons. The number of nitrogens with zero attached hydrogens (tertiary/aromatic N) is 1. The standard InChI is InChI=1S/C20H25NO2/c1-3-21(4-2)16-15-19(17-11-7-5-8-12-17)23-20(22)18-13-9-6-10-14-18/h5-14,19H,3-4,15-16H2,1-2H3/t19-/m1/s1. The minimum atomic E-state index is -0.265. The van der Waals surface area contributed by atoms with Crippen LogP contribution >= 0.6 is 0 Å². The Morgan fingerprint density at radius 3 is 2.09 bits per heavy atom. The van der Waals surface area contributed by atoms with Gasteiger partial charge >= 0.3 is 5.97 Å². The number of rotatable bonds is 8. The molecule has 0 aliphatic heterocycles. The van der Waals surface area contributed by atoms with Gasteiger partial charge in [-0.2, -0.15) is 0 Å². The number of ether oxygens (including phenoxy) is 1. The molecule has 0 unspecified atom stereocenters. The Morgan fingerprint density at radius 1 is 0.957 bits per heavy atom. The summed E-state index contributed by atoms with van der Waals surface area (Å²) in [6.45, 7) is 7.22. The first-order valence-corrected chi connectivity index (χ1v) is 8.28. The lowest BCUT2D eigenvalue weighted by Crippen LogP contribution is -2.26. The predicted octanol–water partition coefficient (Wildman–Crippen LogP) is 4.32. The van der Waals surface area contributed by atoms with Crippen LogP contribution in [0.3, 0.4) is 0 Å². The fourth-order valence-electron chi connectivity index (χ4n) is 2.57. The minimum absolute atomic E-state index is 0.218. The van der Waals surface area contributed by atoms with Crippen LogP contribution < -0.4 is 0 Å². The maximum Gasteiger partial charge on any atom is 0.338 e. The maximum atomic E-state index is 12.4. The Balaban J connectivity index is 2.09. The molecule has 2 aromatic carbocycles. The van der Waals surface area contributed by atoms with E-state index in [1.807, 2.05) is 48.5 Å². The first-order chi connectivity index (χ1) is 11.2. The molecule has 0 amide bonds. The second kappa shape index (κ2) is 9.11. The van der Waals surface area contributed by atoms with Crippen LogP contribution in [0.15, 0.2) is 60.7 Å². The van der Waals surface area contributed by atoms with Gasteiger partial charge in [0.05, 0.1) is 5.56 Å². The summed E-state index contributed by atoms with van der Waals surface area (Å²) >= 11 is 0. The van der Waals surface area contributed by atoms with Crippen molar-refractivity contribution in [2.75, 3.05) is 19.6 Å². The second-order valence-electron chi connectivity index (χ2n) is 5.49. The first-order valence-electron chi connectivity index (χ1n) is 8.28. The minimum Gasteiger partial charge on any atom is -0.454 e. The fraction of sp³-hybridized carbons (Fsp3) is 0.350. The van der Waals surface area contributed by atoms with E-state index in [0.717, 1.165) is 31.6 Å². The van der Waals surface area contributed by atoms with Crippen molar-refractivity contribution in [2.24, 2.45) is 0 Å². The smallest absolute Gasteiger partial charge is 0.338 e. The quantitative estimate of drug-likeness (QED) is 0.680. The maximum absolute atomic E-state index is 12.4. The van der Waals surface area contributed by atoms with Gasteiger partial charge in [-0.15, -0.1) is 0 Å². The molecule has 23 heavy (non-hydrogen) atoms. The monoisotopic (exact) mass is 311 g/mol. The van der Waals surface area contributed by atoms with Crippen LogP contribution in [-0.4, -0.2) is 30.5 Å². The molecule has 0 radical (unpaired) electrons. The number of hydrogen-bond donors (Lipinski definition) is 0. The lowest BCUT2D eigenvalue weighted by molar-refractivity contribution is 0.0253. The Kier molecular flexibility index (Phi) is 6.82. The third-order valence-corrected chi connectivity index (χ3v) is 4.03. The van der Waals surface area contributed by atoms with Crippen LogP contribution in [0, 0.1) is 0 Å². The van der Waals surface area contributed by atoms with E-state index in [-0.39, 0.29) is 12.1 Å². The van der Waals surface area contributed by atoms with Crippen LogP contribution in [0.4, 0.5) is 0 Å². The molecule has 0 N–H and O–H groups in total. The van der Waals surface area contributed by atoms with Crippen molar-refractivity contribution in [3.05, 3.63) is 71.8 Å². The van der Waals surface area contributed by atoms with Crippen LogP contribution in [0.2, 0.25) is 0 Å². The van der Waals surface area contributed by atoms with Gasteiger partial charge in [-0.1, -0.05) is 62.4 Å². The van der Waals surface area contributed by atoms with Crippen molar-refractivity contribution in [3.8, 4) is 0 Å². The first kappa shape index (κ1) is 17.2. The van der Waals surface area contributed by atoms with E-state index in [4.69, 9.17) is 4.74 Å². The molecule has 3 heteroatoms. The summed E-state index contributed by atoms with van der Waals surface area (Å²) in [5.41, 5.74) is 1.64. The van der Waals surface area contributed by atoms with Gasteiger partial charge in [-0.25, -0.2) is 4.79 Å². The van der Waals surface area contributed by atoms with E-state index in [2.05, 4.69) is 18.7 Å². The van der Waals surface area contributed by atoms with E-state index in [9.17, 15) is 4.79 Å². The summed E-state index contributed by atoms with van der Waals surface area (Å²) in [6, 6.07) is 19.1. The largest absolute Gasteiger partial charge is 0.454 e. The summed E-state index contributed by atoms with van der Waals surface area (Å²) in [4.78, 5) is 14.7. The van der Waals surface area contributed by atoms with E-state index in [1.165, 1.54) is 0 Å². The van der Waals surface area contributed by atoms with Gasteiger partial charge in [0.2, 0.25) is 0 Å². The highest BCUT2D eigenvalue weighted by molar-refractivity contribution is 5.89. The summed E-state index contributed by atoms with van der Waals surface area (Å²) in [6.07, 6.45) is 0.578. The Labute approximate surface area is 138 Å². The predicted molar refractivity (Wildman–Crippen MR) is 93.4 cm³/mol. The number of esters is 1. The zero-order valence-electron chi connectivity index (χ0n) is 13.9. The molecule has 3 nitrogen and oxygen atoms in total. The van der Waals surface area contributed by atoms with Gasteiger partial charge in [0.25, 0.3) is 0 Å². The van der Waals surface area contributed by atoms with Gasteiger partial charge in [0.1, 0.15) is 6.10 Å². The van der Waals surface area contributed by atoms with E-state index in [0.29, 0.717) is 5.56 Å². The van der Waals surface area contributed by atoms with E-state index in [1.54, 1.807) is 12.1 Å². The van der Waals surface area contributed by atoms with Crippen molar-refractivity contribution < 1.29 is 9.53 Å². The molecule has 2 aromatic rings. The molecule has 0 saturated carbocycles.